The summed E-state index contributed by atoms with van der Waals surface area (Å²) in [5.41, 5.74) is 2.35. The Morgan fingerprint density at radius 3 is 2.43 bits per heavy atom. The molecule has 0 radical (unpaired) electrons. The number of anilines is 1. The number of carbonyl (C=O) groups is 1. The summed E-state index contributed by atoms with van der Waals surface area (Å²) in [6.07, 6.45) is 0. The van der Waals surface area contributed by atoms with E-state index in [9.17, 15) is 9.18 Å². The van der Waals surface area contributed by atoms with Gasteiger partial charge in [0.05, 0.1) is 15.7 Å². The number of halogens is 2. The first-order valence-corrected chi connectivity index (χ1v) is 7.24. The van der Waals surface area contributed by atoms with Crippen LogP contribution in [0.1, 0.15) is 34.5 Å². The fourth-order valence-electron chi connectivity index (χ4n) is 2.00. The van der Waals surface area contributed by atoms with Crippen molar-refractivity contribution in [3.63, 3.8) is 0 Å². The molecule has 3 nitrogen and oxygen atoms in total. The summed E-state index contributed by atoms with van der Waals surface area (Å²) in [5, 5.41) is 12.0. The molecular weight excluding hydrogens is 337 g/mol. The van der Waals surface area contributed by atoms with Gasteiger partial charge in [-0.2, -0.15) is 0 Å². The second kappa shape index (κ2) is 6.26. The van der Waals surface area contributed by atoms with Crippen LogP contribution in [0, 0.1) is 12.7 Å². The van der Waals surface area contributed by atoms with Gasteiger partial charge in [-0.05, 0) is 47.5 Å². The fraction of sp³-hybridized carbons (Fsp3) is 0.188. The zero-order valence-corrected chi connectivity index (χ0v) is 13.2. The maximum absolute atomic E-state index is 14.2. The summed E-state index contributed by atoms with van der Waals surface area (Å²) >= 11 is 2.99. The molecule has 2 aromatic carbocycles. The van der Waals surface area contributed by atoms with Gasteiger partial charge in [-0.3, -0.25) is 0 Å². The third kappa shape index (κ3) is 3.42. The molecule has 0 aliphatic carbocycles. The van der Waals surface area contributed by atoms with Crippen molar-refractivity contribution in [3.8, 4) is 0 Å². The van der Waals surface area contributed by atoms with Crippen LogP contribution in [0.5, 0.6) is 0 Å². The molecule has 1 atom stereocenters. The van der Waals surface area contributed by atoms with Crippen LogP contribution >= 0.6 is 15.9 Å². The van der Waals surface area contributed by atoms with Gasteiger partial charge in [-0.25, -0.2) is 9.18 Å². The molecule has 0 heterocycles. The minimum atomic E-state index is -1.17. The maximum atomic E-state index is 14.2. The normalized spacial score (nSPS) is 12.0. The van der Waals surface area contributed by atoms with Crippen molar-refractivity contribution in [1.29, 1.82) is 0 Å². The summed E-state index contributed by atoms with van der Waals surface area (Å²) in [5.74, 6) is -1.77. The molecule has 1 unspecified atom stereocenters. The van der Waals surface area contributed by atoms with Crippen molar-refractivity contribution >= 4 is 27.6 Å². The minimum absolute atomic E-state index is 0.0453. The van der Waals surface area contributed by atoms with Gasteiger partial charge in [0.2, 0.25) is 0 Å². The van der Waals surface area contributed by atoms with E-state index < -0.39 is 11.8 Å². The van der Waals surface area contributed by atoms with Crippen LogP contribution in [-0.4, -0.2) is 11.1 Å². The van der Waals surface area contributed by atoms with Gasteiger partial charge in [-0.15, -0.1) is 0 Å². The molecule has 2 N–H and O–H groups in total. The number of aryl methyl sites for hydroxylation is 1. The van der Waals surface area contributed by atoms with Crippen molar-refractivity contribution in [1.82, 2.24) is 0 Å². The Hall–Kier alpha value is -1.88. The van der Waals surface area contributed by atoms with Crippen LogP contribution in [0.3, 0.4) is 0 Å². The second-order valence-corrected chi connectivity index (χ2v) is 5.66. The fourth-order valence-corrected chi connectivity index (χ4v) is 2.51. The standard InChI is InChI=1S/C16H15BrFNO2/c1-9-3-5-11(6-4-9)10(2)19-13-8-7-12(16(20)21)14(17)15(13)18/h3-8,10,19H,1-2H3,(H,20,21). The number of benzene rings is 2. The first-order valence-electron chi connectivity index (χ1n) is 6.44. The molecule has 0 amide bonds. The highest BCUT2D eigenvalue weighted by Crippen LogP contribution is 2.29. The summed E-state index contributed by atoms with van der Waals surface area (Å²) in [6.45, 7) is 3.92. The van der Waals surface area contributed by atoms with Crippen molar-refractivity contribution in [2.45, 2.75) is 19.9 Å². The summed E-state index contributed by atoms with van der Waals surface area (Å²) in [6, 6.07) is 10.7. The summed E-state index contributed by atoms with van der Waals surface area (Å²) in [4.78, 5) is 10.9. The zero-order chi connectivity index (χ0) is 15.6. The number of hydrogen-bond donors (Lipinski definition) is 2. The minimum Gasteiger partial charge on any atom is -0.478 e. The molecule has 0 aliphatic rings. The predicted molar refractivity (Wildman–Crippen MR) is 84.3 cm³/mol. The van der Waals surface area contributed by atoms with Gasteiger partial charge < -0.3 is 10.4 Å². The van der Waals surface area contributed by atoms with Gasteiger partial charge in [-0.1, -0.05) is 29.8 Å². The Morgan fingerprint density at radius 2 is 1.86 bits per heavy atom. The third-order valence-corrected chi connectivity index (χ3v) is 4.04. The Morgan fingerprint density at radius 1 is 1.24 bits per heavy atom. The molecular formula is C16H15BrFNO2. The van der Waals surface area contributed by atoms with Gasteiger partial charge in [0.25, 0.3) is 0 Å². The van der Waals surface area contributed by atoms with Crippen molar-refractivity contribution < 1.29 is 14.3 Å². The van der Waals surface area contributed by atoms with Crippen molar-refractivity contribution in [2.75, 3.05) is 5.32 Å². The Bertz CT molecular complexity index is 671. The highest BCUT2D eigenvalue weighted by Gasteiger charge is 2.17. The smallest absolute Gasteiger partial charge is 0.336 e. The molecule has 0 fully saturated rings. The first-order chi connectivity index (χ1) is 9.90. The van der Waals surface area contributed by atoms with Crippen LogP contribution in [0.4, 0.5) is 10.1 Å². The van der Waals surface area contributed by atoms with Crippen molar-refractivity contribution in [2.24, 2.45) is 0 Å². The first kappa shape index (κ1) is 15.5. The third-order valence-electron chi connectivity index (χ3n) is 3.26. The molecule has 0 saturated heterocycles. The lowest BCUT2D eigenvalue weighted by atomic mass is 10.1. The van der Waals surface area contributed by atoms with Crippen molar-refractivity contribution in [3.05, 3.63) is 63.4 Å². The number of carboxylic acids is 1. The lowest BCUT2D eigenvalue weighted by Crippen LogP contribution is -2.09. The van der Waals surface area contributed by atoms with Crippen LogP contribution in [-0.2, 0) is 0 Å². The van der Waals surface area contributed by atoms with E-state index in [2.05, 4.69) is 21.2 Å². The molecule has 21 heavy (non-hydrogen) atoms. The molecule has 2 aromatic rings. The van der Waals surface area contributed by atoms with E-state index >= 15 is 0 Å². The highest BCUT2D eigenvalue weighted by atomic mass is 79.9. The van der Waals surface area contributed by atoms with Gasteiger partial charge in [0, 0.05) is 6.04 Å². The quantitative estimate of drug-likeness (QED) is 0.834. The predicted octanol–water partition coefficient (Wildman–Crippen LogP) is 4.77. The average Bonchev–Trinajstić information content (AvgIpc) is 2.44. The second-order valence-electron chi connectivity index (χ2n) is 4.87. The molecule has 0 aliphatic heterocycles. The topological polar surface area (TPSA) is 49.3 Å². The molecule has 0 spiro atoms. The molecule has 0 bridgehead atoms. The van der Waals surface area contributed by atoms with Crippen LogP contribution in [0.25, 0.3) is 0 Å². The Balaban J connectivity index is 2.25. The number of nitrogens with one attached hydrogen (secondary N) is 1. The Kier molecular flexibility index (Phi) is 4.63. The monoisotopic (exact) mass is 351 g/mol. The SMILES string of the molecule is Cc1ccc(C(C)Nc2ccc(C(=O)O)c(Br)c2F)cc1. The van der Waals surface area contributed by atoms with E-state index in [1.165, 1.54) is 12.1 Å². The van der Waals surface area contributed by atoms with Gasteiger partial charge in [0.1, 0.15) is 0 Å². The molecule has 0 saturated carbocycles. The summed E-state index contributed by atoms with van der Waals surface area (Å²) < 4.78 is 14.1. The zero-order valence-electron chi connectivity index (χ0n) is 11.7. The summed E-state index contributed by atoms with van der Waals surface area (Å²) in [7, 11) is 0. The maximum Gasteiger partial charge on any atom is 0.336 e. The number of rotatable bonds is 4. The van der Waals surface area contributed by atoms with Crippen LogP contribution < -0.4 is 5.32 Å². The lowest BCUT2D eigenvalue weighted by Gasteiger charge is -2.17. The molecule has 2 rings (SSSR count). The average molecular weight is 352 g/mol. The van der Waals surface area contributed by atoms with E-state index in [0.29, 0.717) is 0 Å². The van der Waals surface area contributed by atoms with E-state index in [-0.39, 0.29) is 21.8 Å². The van der Waals surface area contributed by atoms with E-state index in [0.717, 1.165) is 11.1 Å². The highest BCUT2D eigenvalue weighted by molar-refractivity contribution is 9.10. The van der Waals surface area contributed by atoms with Gasteiger partial charge >= 0.3 is 5.97 Å². The Labute approximate surface area is 130 Å². The van der Waals surface area contributed by atoms with Gasteiger partial charge in [0.15, 0.2) is 5.82 Å². The van der Waals surface area contributed by atoms with E-state index in [1.54, 1.807) is 0 Å². The van der Waals surface area contributed by atoms with E-state index in [1.807, 2.05) is 38.1 Å². The lowest BCUT2D eigenvalue weighted by molar-refractivity contribution is 0.0695. The molecule has 0 aromatic heterocycles. The number of hydrogen-bond acceptors (Lipinski definition) is 2. The molecule has 5 heteroatoms. The van der Waals surface area contributed by atoms with Crippen LogP contribution in [0.2, 0.25) is 0 Å². The van der Waals surface area contributed by atoms with Crippen LogP contribution in [0.15, 0.2) is 40.9 Å². The van der Waals surface area contributed by atoms with E-state index in [4.69, 9.17) is 5.11 Å². The molecule has 110 valence electrons. The largest absolute Gasteiger partial charge is 0.478 e. The number of aromatic carboxylic acids is 1. The number of carboxylic acid groups (broad SMARTS) is 1.